The maximum Gasteiger partial charge on any atom is 0.0242 e. The van der Waals surface area contributed by atoms with Crippen LogP contribution in [0, 0.1) is 12.3 Å². The second kappa shape index (κ2) is 20.3. The van der Waals surface area contributed by atoms with Gasteiger partial charge < -0.3 is 0 Å². The number of benzene rings is 2. The highest BCUT2D eigenvalue weighted by Crippen LogP contribution is 1.96. The number of hydrogen-bond donors (Lipinski definition) is 0. The van der Waals surface area contributed by atoms with Crippen LogP contribution in [0.3, 0.4) is 0 Å². The van der Waals surface area contributed by atoms with Crippen LogP contribution in [0.4, 0.5) is 0 Å². The van der Waals surface area contributed by atoms with Gasteiger partial charge in [-0.1, -0.05) is 96.5 Å². The van der Waals surface area contributed by atoms with E-state index >= 15 is 0 Å². The van der Waals surface area contributed by atoms with Crippen LogP contribution >= 0.6 is 0 Å². The standard InChI is InChI=1S/C8H10.C8H6.2C2H6.CH4/c2*1-2-8-6-4-3-5-7-8;2*1-2;/h3-7H,2H2,1H3;1,3-7H;2*1-2H3;1H4. The fourth-order valence-electron chi connectivity index (χ4n) is 1.25. The molecule has 0 aliphatic heterocycles. The minimum atomic E-state index is 0. The van der Waals surface area contributed by atoms with E-state index in [1.807, 2.05) is 64.1 Å². The fraction of sp³-hybridized carbons (Fsp3) is 0.333. The molecular weight excluding hydrogens is 252 g/mol. The van der Waals surface area contributed by atoms with Crippen LogP contribution < -0.4 is 0 Å². The molecule has 2 aromatic rings. The molecule has 0 nitrogen and oxygen atoms in total. The highest BCUT2D eigenvalue weighted by atomic mass is 13.9. The van der Waals surface area contributed by atoms with E-state index in [0.29, 0.717) is 0 Å². The minimum Gasteiger partial charge on any atom is -0.115 e. The van der Waals surface area contributed by atoms with Crippen molar-refractivity contribution in [2.75, 3.05) is 0 Å². The third-order valence-electron chi connectivity index (χ3n) is 2.19. The molecule has 0 radical (unpaired) electrons. The Morgan fingerprint density at radius 2 is 1.14 bits per heavy atom. The van der Waals surface area contributed by atoms with Crippen LogP contribution in [-0.2, 0) is 6.42 Å². The lowest BCUT2D eigenvalue weighted by molar-refractivity contribution is 1.14. The van der Waals surface area contributed by atoms with Crippen molar-refractivity contribution in [3.8, 4) is 12.3 Å². The van der Waals surface area contributed by atoms with Crippen LogP contribution in [0.25, 0.3) is 0 Å². The lowest BCUT2D eigenvalue weighted by Gasteiger charge is -1.89. The Morgan fingerprint density at radius 1 is 0.762 bits per heavy atom. The van der Waals surface area contributed by atoms with Crippen molar-refractivity contribution in [2.24, 2.45) is 0 Å². The molecule has 116 valence electrons. The van der Waals surface area contributed by atoms with Crippen molar-refractivity contribution in [3.05, 3.63) is 71.8 Å². The average Bonchev–Trinajstić information content (AvgIpc) is 2.60. The summed E-state index contributed by atoms with van der Waals surface area (Å²) < 4.78 is 0. The third kappa shape index (κ3) is 14.2. The van der Waals surface area contributed by atoms with E-state index in [1.165, 1.54) is 5.56 Å². The van der Waals surface area contributed by atoms with Gasteiger partial charge in [-0.25, -0.2) is 0 Å². The molecule has 0 unspecified atom stereocenters. The van der Waals surface area contributed by atoms with E-state index in [-0.39, 0.29) is 7.43 Å². The largest absolute Gasteiger partial charge is 0.115 e. The van der Waals surface area contributed by atoms with Gasteiger partial charge in [-0.3, -0.25) is 0 Å². The summed E-state index contributed by atoms with van der Waals surface area (Å²) >= 11 is 0. The van der Waals surface area contributed by atoms with Gasteiger partial charge in [0.15, 0.2) is 0 Å². The van der Waals surface area contributed by atoms with E-state index in [0.717, 1.165) is 12.0 Å². The van der Waals surface area contributed by atoms with E-state index in [1.54, 1.807) is 0 Å². The summed E-state index contributed by atoms with van der Waals surface area (Å²) in [5.41, 5.74) is 2.35. The van der Waals surface area contributed by atoms with Gasteiger partial charge in [-0.2, -0.15) is 0 Å². The Bertz CT molecular complexity index is 421. The van der Waals surface area contributed by atoms with Crippen molar-refractivity contribution in [1.82, 2.24) is 0 Å². The first-order valence-electron chi connectivity index (χ1n) is 7.42. The number of hydrogen-bond acceptors (Lipinski definition) is 0. The minimum absolute atomic E-state index is 0. The number of terminal acetylenes is 1. The van der Waals surface area contributed by atoms with Gasteiger partial charge >= 0.3 is 0 Å². The van der Waals surface area contributed by atoms with Crippen LogP contribution in [-0.4, -0.2) is 0 Å². The summed E-state index contributed by atoms with van der Waals surface area (Å²) in [5, 5.41) is 0. The molecule has 0 aromatic heterocycles. The summed E-state index contributed by atoms with van der Waals surface area (Å²) in [5.74, 6) is 2.53. The maximum atomic E-state index is 5.10. The Hall–Kier alpha value is -2.00. The number of aryl methyl sites for hydroxylation is 1. The van der Waals surface area contributed by atoms with Crippen LogP contribution in [0.15, 0.2) is 60.7 Å². The van der Waals surface area contributed by atoms with Crippen molar-refractivity contribution in [3.63, 3.8) is 0 Å². The van der Waals surface area contributed by atoms with Crippen molar-refractivity contribution in [2.45, 2.75) is 48.5 Å². The Morgan fingerprint density at radius 3 is 1.38 bits per heavy atom. The van der Waals surface area contributed by atoms with E-state index in [9.17, 15) is 0 Å². The van der Waals surface area contributed by atoms with Crippen LogP contribution in [0.5, 0.6) is 0 Å². The molecule has 0 atom stereocenters. The van der Waals surface area contributed by atoms with Crippen LogP contribution in [0.1, 0.15) is 53.2 Å². The summed E-state index contributed by atoms with van der Waals surface area (Å²) in [6, 6.07) is 20.1. The Kier molecular flexibility index (Phi) is 23.3. The van der Waals surface area contributed by atoms with Gasteiger partial charge in [0.1, 0.15) is 0 Å². The molecule has 0 fully saturated rings. The SMILES string of the molecule is C.C#Cc1ccccc1.CC.CC.CCc1ccccc1. The lowest BCUT2D eigenvalue weighted by atomic mass is 10.2. The lowest BCUT2D eigenvalue weighted by Crippen LogP contribution is -1.73. The van der Waals surface area contributed by atoms with Gasteiger partial charge in [0.2, 0.25) is 0 Å². The van der Waals surface area contributed by atoms with Crippen LogP contribution in [0.2, 0.25) is 0 Å². The molecule has 0 aliphatic carbocycles. The molecule has 0 amide bonds. The molecule has 0 aliphatic rings. The first kappa shape index (κ1) is 24.0. The van der Waals surface area contributed by atoms with Gasteiger partial charge in [0, 0.05) is 5.56 Å². The molecule has 2 rings (SSSR count). The molecule has 0 saturated carbocycles. The molecule has 21 heavy (non-hydrogen) atoms. The fourth-order valence-corrected chi connectivity index (χ4v) is 1.25. The highest BCUT2D eigenvalue weighted by Gasteiger charge is 1.80. The zero-order valence-corrected chi connectivity index (χ0v) is 13.6. The number of rotatable bonds is 1. The Labute approximate surface area is 133 Å². The summed E-state index contributed by atoms with van der Waals surface area (Å²) in [6.07, 6.45) is 6.24. The molecular formula is C21H32. The van der Waals surface area contributed by atoms with Gasteiger partial charge in [-0.05, 0) is 24.1 Å². The maximum absolute atomic E-state index is 5.10. The van der Waals surface area contributed by atoms with Crippen molar-refractivity contribution >= 4 is 0 Å². The zero-order chi connectivity index (χ0) is 15.6. The van der Waals surface area contributed by atoms with E-state index in [2.05, 4.69) is 37.1 Å². The third-order valence-corrected chi connectivity index (χ3v) is 2.19. The zero-order valence-electron chi connectivity index (χ0n) is 13.6. The highest BCUT2D eigenvalue weighted by molar-refractivity contribution is 5.30. The Balaban J connectivity index is -0.000000240. The van der Waals surface area contributed by atoms with E-state index in [4.69, 9.17) is 6.42 Å². The molecule has 0 heterocycles. The smallest absolute Gasteiger partial charge is 0.0242 e. The first-order chi connectivity index (χ1) is 9.86. The van der Waals surface area contributed by atoms with E-state index < -0.39 is 0 Å². The normalized spacial score (nSPS) is 7.05. The van der Waals surface area contributed by atoms with Gasteiger partial charge in [0.05, 0.1) is 0 Å². The quantitative estimate of drug-likeness (QED) is 0.517. The second-order valence-corrected chi connectivity index (χ2v) is 3.35. The summed E-state index contributed by atoms with van der Waals surface area (Å²) in [6.45, 7) is 10.2. The summed E-state index contributed by atoms with van der Waals surface area (Å²) in [7, 11) is 0. The predicted octanol–water partition coefficient (Wildman–Crippen LogP) is 6.61. The summed E-state index contributed by atoms with van der Waals surface area (Å²) in [4.78, 5) is 0. The topological polar surface area (TPSA) is 0 Å². The molecule has 0 heteroatoms. The molecule has 0 spiro atoms. The average molecular weight is 284 g/mol. The first-order valence-corrected chi connectivity index (χ1v) is 7.42. The second-order valence-electron chi connectivity index (χ2n) is 3.35. The molecule has 0 N–H and O–H groups in total. The molecule has 2 aromatic carbocycles. The van der Waals surface area contributed by atoms with Gasteiger partial charge in [0.25, 0.3) is 0 Å². The van der Waals surface area contributed by atoms with Crippen molar-refractivity contribution < 1.29 is 0 Å². The van der Waals surface area contributed by atoms with Crippen molar-refractivity contribution in [1.29, 1.82) is 0 Å². The predicted molar refractivity (Wildman–Crippen MR) is 99.6 cm³/mol. The molecule has 0 saturated heterocycles. The van der Waals surface area contributed by atoms with Gasteiger partial charge in [-0.15, -0.1) is 6.42 Å². The molecule has 0 bridgehead atoms. The monoisotopic (exact) mass is 284 g/mol.